The van der Waals surface area contributed by atoms with E-state index in [4.69, 9.17) is 0 Å². The molecule has 1 unspecified atom stereocenters. The van der Waals surface area contributed by atoms with Crippen molar-refractivity contribution < 1.29 is 4.79 Å². The average Bonchev–Trinajstić information content (AvgIpc) is 3.03. The summed E-state index contributed by atoms with van der Waals surface area (Å²) in [4.78, 5) is 14.7. The number of benzene rings is 1. The molecule has 0 spiro atoms. The Balaban J connectivity index is 1.72. The average molecular weight is 308 g/mol. The molecule has 1 aliphatic heterocycles. The van der Waals surface area contributed by atoms with Crippen LogP contribution in [0.3, 0.4) is 0 Å². The molecule has 0 bridgehead atoms. The van der Waals surface area contributed by atoms with E-state index in [1.807, 2.05) is 0 Å². The Bertz CT molecular complexity index is 435. The Morgan fingerprint density at radius 3 is 2.56 bits per heavy atom. The smallest absolute Gasteiger partial charge is 0.226 e. The number of likely N-dealkylation sites (tertiary alicyclic amines) is 1. The van der Waals surface area contributed by atoms with Gasteiger partial charge in [0.1, 0.15) is 0 Å². The summed E-state index contributed by atoms with van der Waals surface area (Å²) in [5, 5.41) is 0.915. The Labute approximate surface area is 116 Å². The molecular weight excluding hydrogens is 290 g/mol. The molecule has 2 nitrogen and oxygen atoms in total. The maximum Gasteiger partial charge on any atom is 0.226 e. The van der Waals surface area contributed by atoms with Gasteiger partial charge in [0.05, 0.1) is 0 Å². The molecule has 0 N–H and O–H groups in total. The van der Waals surface area contributed by atoms with Crippen molar-refractivity contribution in [1.29, 1.82) is 0 Å². The molecule has 18 heavy (non-hydrogen) atoms. The minimum atomic E-state index is 0.182. The van der Waals surface area contributed by atoms with Gasteiger partial charge in [-0.1, -0.05) is 40.2 Å². The first-order valence-electron chi connectivity index (χ1n) is 6.73. The minimum absolute atomic E-state index is 0.182. The van der Waals surface area contributed by atoms with Crippen molar-refractivity contribution >= 4 is 21.8 Å². The number of hydrogen-bond acceptors (Lipinski definition) is 1. The van der Waals surface area contributed by atoms with Crippen molar-refractivity contribution in [3.8, 4) is 0 Å². The number of nitrogens with zero attached hydrogens (tertiary/aromatic N) is 1. The van der Waals surface area contributed by atoms with Crippen LogP contribution in [0, 0.1) is 5.92 Å². The van der Waals surface area contributed by atoms with Gasteiger partial charge in [-0.25, -0.2) is 0 Å². The lowest BCUT2D eigenvalue weighted by molar-refractivity contribution is -0.135. The lowest BCUT2D eigenvalue weighted by Gasteiger charge is -2.26. The van der Waals surface area contributed by atoms with Crippen molar-refractivity contribution in [1.82, 2.24) is 4.90 Å². The summed E-state index contributed by atoms with van der Waals surface area (Å²) in [6.07, 6.45) is 4.17. The highest BCUT2D eigenvalue weighted by Crippen LogP contribution is 2.30. The number of halogens is 1. The number of fused-ring (bicyclic) bond motifs is 1. The zero-order chi connectivity index (χ0) is 12.5. The topological polar surface area (TPSA) is 20.3 Å². The third-order valence-electron chi connectivity index (χ3n) is 4.24. The van der Waals surface area contributed by atoms with Crippen LogP contribution in [-0.2, 0) is 17.6 Å². The summed E-state index contributed by atoms with van der Waals surface area (Å²) in [7, 11) is 0. The van der Waals surface area contributed by atoms with E-state index in [1.165, 1.54) is 11.1 Å². The van der Waals surface area contributed by atoms with Crippen LogP contribution in [0.5, 0.6) is 0 Å². The summed E-state index contributed by atoms with van der Waals surface area (Å²) >= 11 is 3.53. The van der Waals surface area contributed by atoms with Gasteiger partial charge in [-0.2, -0.15) is 0 Å². The van der Waals surface area contributed by atoms with Crippen LogP contribution >= 0.6 is 15.9 Å². The van der Waals surface area contributed by atoms with Crippen LogP contribution in [0.4, 0.5) is 0 Å². The third-order valence-corrected chi connectivity index (χ3v) is 4.99. The molecule has 1 saturated heterocycles. The van der Waals surface area contributed by atoms with E-state index in [0.29, 0.717) is 11.9 Å². The van der Waals surface area contributed by atoms with E-state index in [1.54, 1.807) is 0 Å². The van der Waals surface area contributed by atoms with Crippen LogP contribution in [0.1, 0.15) is 24.0 Å². The highest BCUT2D eigenvalue weighted by Gasteiger charge is 2.35. The fourth-order valence-electron chi connectivity index (χ4n) is 3.25. The van der Waals surface area contributed by atoms with Gasteiger partial charge < -0.3 is 4.90 Å². The Morgan fingerprint density at radius 2 is 1.94 bits per heavy atom. The van der Waals surface area contributed by atoms with Gasteiger partial charge in [-0.3, -0.25) is 4.79 Å². The maximum absolute atomic E-state index is 12.6. The molecule has 1 aromatic carbocycles. The van der Waals surface area contributed by atoms with Crippen LogP contribution < -0.4 is 0 Å². The highest BCUT2D eigenvalue weighted by molar-refractivity contribution is 9.09. The summed E-state index contributed by atoms with van der Waals surface area (Å²) in [5.41, 5.74) is 2.73. The van der Waals surface area contributed by atoms with Crippen molar-refractivity contribution in [3.05, 3.63) is 35.4 Å². The van der Waals surface area contributed by atoms with Gasteiger partial charge in [0.15, 0.2) is 0 Å². The molecule has 1 aromatic rings. The summed E-state index contributed by atoms with van der Waals surface area (Å²) in [5.74, 6) is 0.551. The maximum atomic E-state index is 12.6. The highest BCUT2D eigenvalue weighted by atomic mass is 79.9. The zero-order valence-electron chi connectivity index (χ0n) is 10.4. The first-order valence-corrected chi connectivity index (χ1v) is 7.85. The molecule has 1 atom stereocenters. The zero-order valence-corrected chi connectivity index (χ0v) is 12.0. The van der Waals surface area contributed by atoms with Crippen LogP contribution in [-0.4, -0.2) is 28.7 Å². The predicted octanol–water partition coefficient (Wildman–Crippen LogP) is 2.79. The van der Waals surface area contributed by atoms with E-state index in [9.17, 15) is 4.79 Å². The first kappa shape index (κ1) is 12.2. The van der Waals surface area contributed by atoms with Gasteiger partial charge in [-0.15, -0.1) is 0 Å². The first-order chi connectivity index (χ1) is 8.79. The van der Waals surface area contributed by atoms with Gasteiger partial charge in [0.2, 0.25) is 5.91 Å². The summed E-state index contributed by atoms with van der Waals surface area (Å²) in [6, 6.07) is 8.88. The number of alkyl halides is 1. The Hall–Kier alpha value is -0.830. The molecule has 1 aliphatic carbocycles. The molecule has 3 rings (SSSR count). The van der Waals surface area contributed by atoms with E-state index < -0.39 is 0 Å². The van der Waals surface area contributed by atoms with Crippen molar-refractivity contribution in [3.63, 3.8) is 0 Å². The predicted molar refractivity (Wildman–Crippen MR) is 75.9 cm³/mol. The van der Waals surface area contributed by atoms with Crippen molar-refractivity contribution in [2.45, 2.75) is 31.7 Å². The molecule has 0 aromatic heterocycles. The number of carbonyl (C=O) groups is 1. The second-order valence-corrected chi connectivity index (χ2v) is 6.00. The van der Waals surface area contributed by atoms with Crippen LogP contribution in [0.15, 0.2) is 24.3 Å². The fraction of sp³-hybridized carbons (Fsp3) is 0.533. The Kier molecular flexibility index (Phi) is 3.42. The largest absolute Gasteiger partial charge is 0.339 e. The van der Waals surface area contributed by atoms with E-state index >= 15 is 0 Å². The molecular formula is C15H18BrNO. The number of hydrogen-bond donors (Lipinski definition) is 0. The second kappa shape index (κ2) is 5.04. The molecule has 3 heteroatoms. The van der Waals surface area contributed by atoms with E-state index in [-0.39, 0.29) is 5.92 Å². The lowest BCUT2D eigenvalue weighted by atomic mass is 10.0. The van der Waals surface area contributed by atoms with Crippen LogP contribution in [0.25, 0.3) is 0 Å². The summed E-state index contributed by atoms with van der Waals surface area (Å²) < 4.78 is 0. The standard InChI is InChI=1S/C15H18BrNO/c16-10-14-6-3-7-17(14)15(18)13-8-11-4-1-2-5-12(11)9-13/h1-2,4-5,13-14H,3,6-10H2. The van der Waals surface area contributed by atoms with Crippen molar-refractivity contribution in [2.75, 3.05) is 11.9 Å². The molecule has 0 saturated carbocycles. The SMILES string of the molecule is O=C(C1Cc2ccccc2C1)N1CCCC1CBr. The normalized spacial score (nSPS) is 23.4. The molecule has 0 radical (unpaired) electrons. The number of amides is 1. The minimum Gasteiger partial charge on any atom is -0.339 e. The fourth-order valence-corrected chi connectivity index (χ4v) is 3.93. The third kappa shape index (κ3) is 2.09. The van der Waals surface area contributed by atoms with E-state index in [0.717, 1.165) is 37.6 Å². The molecule has 1 fully saturated rings. The van der Waals surface area contributed by atoms with Gasteiger partial charge >= 0.3 is 0 Å². The quantitative estimate of drug-likeness (QED) is 0.769. The van der Waals surface area contributed by atoms with E-state index in [2.05, 4.69) is 45.1 Å². The summed E-state index contributed by atoms with van der Waals surface area (Å²) in [6.45, 7) is 0.946. The Morgan fingerprint density at radius 1 is 1.28 bits per heavy atom. The van der Waals surface area contributed by atoms with Crippen molar-refractivity contribution in [2.24, 2.45) is 5.92 Å². The lowest BCUT2D eigenvalue weighted by Crippen LogP contribution is -2.40. The monoisotopic (exact) mass is 307 g/mol. The second-order valence-electron chi connectivity index (χ2n) is 5.36. The molecule has 96 valence electrons. The van der Waals surface area contributed by atoms with Gasteiger partial charge in [0.25, 0.3) is 0 Å². The molecule has 2 aliphatic rings. The number of carbonyl (C=O) groups excluding carboxylic acids is 1. The van der Waals surface area contributed by atoms with Gasteiger partial charge in [0, 0.05) is 23.8 Å². The number of rotatable bonds is 2. The van der Waals surface area contributed by atoms with Gasteiger partial charge in [-0.05, 0) is 36.8 Å². The molecule has 1 amide bonds. The molecule has 1 heterocycles. The van der Waals surface area contributed by atoms with Crippen LogP contribution in [0.2, 0.25) is 0 Å².